The maximum atomic E-state index is 4.28. The molecular formula is C20H32IN5. The first-order valence-electron chi connectivity index (χ1n) is 8.99. The minimum absolute atomic E-state index is 0. The van der Waals surface area contributed by atoms with Crippen molar-refractivity contribution in [2.45, 2.75) is 45.6 Å². The Bertz CT molecular complexity index is 642. The smallest absolute Gasteiger partial charge is 0.190 e. The van der Waals surface area contributed by atoms with Crippen molar-refractivity contribution in [2.75, 3.05) is 20.1 Å². The number of hydrogen-bond acceptors (Lipinski definition) is 2. The monoisotopic (exact) mass is 469 g/mol. The van der Waals surface area contributed by atoms with Crippen LogP contribution >= 0.6 is 24.0 Å². The molecule has 0 spiro atoms. The molecule has 0 radical (unpaired) electrons. The van der Waals surface area contributed by atoms with E-state index in [4.69, 9.17) is 0 Å². The highest BCUT2D eigenvalue weighted by Gasteiger charge is 2.12. The van der Waals surface area contributed by atoms with E-state index in [1.54, 1.807) is 0 Å². The molecule has 26 heavy (non-hydrogen) atoms. The van der Waals surface area contributed by atoms with E-state index in [-0.39, 0.29) is 29.4 Å². The first-order valence-corrected chi connectivity index (χ1v) is 8.99. The molecule has 6 heteroatoms. The normalized spacial score (nSPS) is 11.8. The largest absolute Gasteiger partial charge is 0.356 e. The lowest BCUT2D eigenvalue weighted by Crippen LogP contribution is -2.38. The maximum absolute atomic E-state index is 4.28. The average Bonchev–Trinajstić information content (AvgIpc) is 3.10. The van der Waals surface area contributed by atoms with Gasteiger partial charge in [-0.15, -0.1) is 24.0 Å². The molecule has 0 saturated heterocycles. The van der Waals surface area contributed by atoms with E-state index in [2.05, 4.69) is 70.2 Å². The Hall–Kier alpha value is -1.57. The summed E-state index contributed by atoms with van der Waals surface area (Å²) in [4.78, 5) is 8.32. The second kappa shape index (κ2) is 11.2. The number of nitrogens with zero attached hydrogens (tertiary/aromatic N) is 3. The third kappa shape index (κ3) is 7.76. The number of benzene rings is 1. The molecule has 2 N–H and O–H groups in total. The van der Waals surface area contributed by atoms with Gasteiger partial charge in [0.15, 0.2) is 5.96 Å². The number of nitrogens with one attached hydrogen (secondary N) is 2. The van der Waals surface area contributed by atoms with Gasteiger partial charge < -0.3 is 15.2 Å². The Morgan fingerprint density at radius 3 is 2.38 bits per heavy atom. The second-order valence-corrected chi connectivity index (χ2v) is 7.28. The number of aliphatic imine (C=N–C) groups is 1. The highest BCUT2D eigenvalue weighted by atomic mass is 127. The van der Waals surface area contributed by atoms with E-state index < -0.39 is 0 Å². The van der Waals surface area contributed by atoms with Crippen molar-refractivity contribution < 1.29 is 0 Å². The highest BCUT2D eigenvalue weighted by molar-refractivity contribution is 14.0. The Kier molecular flexibility index (Phi) is 9.69. The van der Waals surface area contributed by atoms with Gasteiger partial charge >= 0.3 is 0 Å². The molecule has 2 rings (SSSR count). The van der Waals surface area contributed by atoms with Crippen LogP contribution in [0.3, 0.4) is 0 Å². The van der Waals surface area contributed by atoms with Gasteiger partial charge in [-0.3, -0.25) is 4.99 Å². The topological polar surface area (TPSA) is 54.2 Å². The summed E-state index contributed by atoms with van der Waals surface area (Å²) in [5.41, 5.74) is 2.93. The quantitative estimate of drug-likeness (QED) is 0.282. The molecule has 2 aromatic rings. The summed E-state index contributed by atoms with van der Waals surface area (Å²) >= 11 is 0. The van der Waals surface area contributed by atoms with Crippen molar-refractivity contribution in [2.24, 2.45) is 4.99 Å². The third-order valence-corrected chi connectivity index (χ3v) is 4.19. The zero-order valence-electron chi connectivity index (χ0n) is 16.3. The molecule has 1 heterocycles. The SMILES string of the molecule is CN=C(NCCCn1ccnc1)NCCc1ccc(C(C)(C)C)cc1.I. The number of aryl methyl sites for hydroxylation is 1. The van der Waals surface area contributed by atoms with Gasteiger partial charge in [-0.05, 0) is 29.4 Å². The number of rotatable bonds is 7. The fourth-order valence-corrected chi connectivity index (χ4v) is 2.60. The van der Waals surface area contributed by atoms with Crippen LogP contribution in [-0.2, 0) is 18.4 Å². The van der Waals surface area contributed by atoms with Gasteiger partial charge in [0.25, 0.3) is 0 Å². The molecule has 0 amide bonds. The summed E-state index contributed by atoms with van der Waals surface area (Å²) < 4.78 is 2.08. The molecule has 0 aliphatic heterocycles. The first-order chi connectivity index (χ1) is 12.0. The Balaban J connectivity index is 0.00000338. The molecule has 0 bridgehead atoms. The molecule has 144 valence electrons. The Morgan fingerprint density at radius 1 is 1.12 bits per heavy atom. The second-order valence-electron chi connectivity index (χ2n) is 7.28. The van der Waals surface area contributed by atoms with Crippen molar-refractivity contribution in [1.82, 2.24) is 20.2 Å². The van der Waals surface area contributed by atoms with Gasteiger partial charge in [0.05, 0.1) is 6.33 Å². The number of halogens is 1. The van der Waals surface area contributed by atoms with Gasteiger partial charge in [-0.25, -0.2) is 4.98 Å². The van der Waals surface area contributed by atoms with E-state index in [1.807, 2.05) is 25.8 Å². The summed E-state index contributed by atoms with van der Waals surface area (Å²) in [7, 11) is 1.81. The summed E-state index contributed by atoms with van der Waals surface area (Å²) in [6, 6.07) is 8.92. The van der Waals surface area contributed by atoms with E-state index in [9.17, 15) is 0 Å². The van der Waals surface area contributed by atoms with Crippen LogP contribution in [0.2, 0.25) is 0 Å². The molecular weight excluding hydrogens is 437 g/mol. The van der Waals surface area contributed by atoms with E-state index in [0.717, 1.165) is 38.4 Å². The predicted octanol–water partition coefficient (Wildman–Crippen LogP) is 3.60. The zero-order valence-corrected chi connectivity index (χ0v) is 18.7. The van der Waals surface area contributed by atoms with Crippen LogP contribution < -0.4 is 10.6 Å². The number of aromatic nitrogens is 2. The lowest BCUT2D eigenvalue weighted by Gasteiger charge is -2.19. The van der Waals surface area contributed by atoms with Crippen molar-refractivity contribution in [3.63, 3.8) is 0 Å². The molecule has 0 aliphatic rings. The summed E-state index contributed by atoms with van der Waals surface area (Å²) in [5.74, 6) is 0.858. The number of guanidine groups is 1. The summed E-state index contributed by atoms with van der Waals surface area (Å²) in [6.45, 7) is 9.45. The molecule has 0 atom stereocenters. The van der Waals surface area contributed by atoms with Crippen LogP contribution in [0.15, 0.2) is 48.0 Å². The number of imidazole rings is 1. The lowest BCUT2D eigenvalue weighted by atomic mass is 9.86. The molecule has 5 nitrogen and oxygen atoms in total. The van der Waals surface area contributed by atoms with Crippen LogP contribution in [0.25, 0.3) is 0 Å². The fraction of sp³-hybridized carbons (Fsp3) is 0.500. The maximum Gasteiger partial charge on any atom is 0.190 e. The minimum atomic E-state index is 0. The first kappa shape index (κ1) is 22.5. The highest BCUT2D eigenvalue weighted by Crippen LogP contribution is 2.22. The van der Waals surface area contributed by atoms with Crippen molar-refractivity contribution in [3.8, 4) is 0 Å². The average molecular weight is 469 g/mol. The van der Waals surface area contributed by atoms with Crippen LogP contribution in [0.1, 0.15) is 38.3 Å². The predicted molar refractivity (Wildman–Crippen MR) is 120 cm³/mol. The van der Waals surface area contributed by atoms with Crippen molar-refractivity contribution in [1.29, 1.82) is 0 Å². The van der Waals surface area contributed by atoms with Gasteiger partial charge in [0.2, 0.25) is 0 Å². The molecule has 0 fully saturated rings. The Morgan fingerprint density at radius 2 is 1.81 bits per heavy atom. The van der Waals surface area contributed by atoms with Crippen LogP contribution in [0, 0.1) is 0 Å². The number of hydrogen-bond donors (Lipinski definition) is 2. The van der Waals surface area contributed by atoms with Crippen LogP contribution in [0.5, 0.6) is 0 Å². The van der Waals surface area contributed by atoms with Crippen LogP contribution in [0.4, 0.5) is 0 Å². The van der Waals surface area contributed by atoms with E-state index in [1.165, 1.54) is 11.1 Å². The van der Waals surface area contributed by atoms with Crippen molar-refractivity contribution >= 4 is 29.9 Å². The van der Waals surface area contributed by atoms with Crippen LogP contribution in [-0.4, -0.2) is 35.6 Å². The van der Waals surface area contributed by atoms with Crippen molar-refractivity contribution in [3.05, 3.63) is 54.1 Å². The molecule has 0 saturated carbocycles. The van der Waals surface area contributed by atoms with Gasteiger partial charge in [-0.2, -0.15) is 0 Å². The molecule has 0 unspecified atom stereocenters. The Labute approximate surface area is 174 Å². The van der Waals surface area contributed by atoms with Gasteiger partial charge in [0.1, 0.15) is 0 Å². The molecule has 1 aromatic heterocycles. The summed E-state index contributed by atoms with van der Waals surface area (Å²) in [5, 5.41) is 6.73. The minimum Gasteiger partial charge on any atom is -0.356 e. The fourth-order valence-electron chi connectivity index (χ4n) is 2.60. The van der Waals surface area contributed by atoms with E-state index >= 15 is 0 Å². The zero-order chi connectivity index (χ0) is 18.1. The lowest BCUT2D eigenvalue weighted by molar-refractivity contribution is 0.590. The summed E-state index contributed by atoms with van der Waals surface area (Å²) in [6.07, 6.45) is 7.66. The van der Waals surface area contributed by atoms with Gasteiger partial charge in [-0.1, -0.05) is 45.0 Å². The van der Waals surface area contributed by atoms with E-state index in [0.29, 0.717) is 0 Å². The standard InChI is InChI=1S/C20H31N5.HI/c1-20(2,3)18-8-6-17(7-9-18)10-12-24-19(21-4)23-11-5-14-25-15-13-22-16-25;/h6-9,13,15-16H,5,10-12,14H2,1-4H3,(H2,21,23,24);1H. The molecule has 0 aliphatic carbocycles. The molecule has 1 aromatic carbocycles. The van der Waals surface area contributed by atoms with Gasteiger partial charge in [0, 0.05) is 39.1 Å². The third-order valence-electron chi connectivity index (χ3n) is 4.19.